The molecular weight excluding hydrogens is 368 g/mol. The number of rotatable bonds is 2. The Morgan fingerprint density at radius 1 is 0.933 bits per heavy atom. The summed E-state index contributed by atoms with van der Waals surface area (Å²) in [5.41, 5.74) is 4.08. The third-order valence-electron chi connectivity index (χ3n) is 9.54. The molecule has 5 atom stereocenters. The van der Waals surface area contributed by atoms with Crippen LogP contribution in [-0.4, -0.2) is 21.9 Å². The molecule has 2 saturated carbocycles. The quantitative estimate of drug-likeness (QED) is 0.467. The van der Waals surface area contributed by atoms with Crippen molar-refractivity contribution in [3.05, 3.63) is 23.3 Å². The van der Waals surface area contributed by atoms with Crippen molar-refractivity contribution in [2.75, 3.05) is 0 Å². The Balaban J connectivity index is 0.000000275. The zero-order valence-electron chi connectivity index (χ0n) is 20.9. The molecule has 4 aliphatic rings. The average Bonchev–Trinajstić information content (AvgIpc) is 3.05. The standard InChI is InChI=1S/C21H34O.C7H14O/c1-19(2)17-10-9-15-16(21(17,4)13-11-18(19)22)8-7-14-6-5-12-20(14,15)3;1-4-5-6-7(2,3)8/h14,17-18,22H,5-13H2,1-4H3;5-6,8H,4H2,1-3H3/b;6-5+. The Labute approximate surface area is 186 Å². The summed E-state index contributed by atoms with van der Waals surface area (Å²) >= 11 is 0. The van der Waals surface area contributed by atoms with Crippen molar-refractivity contribution in [3.63, 3.8) is 0 Å². The Kier molecular flexibility index (Phi) is 6.73. The topological polar surface area (TPSA) is 40.5 Å². The van der Waals surface area contributed by atoms with Crippen LogP contribution in [0, 0.1) is 28.1 Å². The van der Waals surface area contributed by atoms with E-state index in [4.69, 9.17) is 5.11 Å². The molecule has 0 aromatic heterocycles. The van der Waals surface area contributed by atoms with Crippen molar-refractivity contribution in [1.82, 2.24) is 0 Å². The zero-order valence-corrected chi connectivity index (χ0v) is 20.9. The SMILES string of the molecule is CC/C=C/C(C)(C)O.CC12CCCC1CCC1=C2CCC2C1(C)CCC(O)C2(C)C. The van der Waals surface area contributed by atoms with Gasteiger partial charge in [0.05, 0.1) is 11.7 Å². The molecule has 0 heterocycles. The molecule has 0 radical (unpaired) electrons. The van der Waals surface area contributed by atoms with Crippen LogP contribution in [-0.2, 0) is 0 Å². The molecule has 0 aromatic carbocycles. The fraction of sp³-hybridized carbons (Fsp3) is 0.857. The van der Waals surface area contributed by atoms with Crippen molar-refractivity contribution in [3.8, 4) is 0 Å². The van der Waals surface area contributed by atoms with Gasteiger partial charge in [-0.2, -0.15) is 0 Å². The van der Waals surface area contributed by atoms with E-state index in [0.717, 1.165) is 18.8 Å². The van der Waals surface area contributed by atoms with Gasteiger partial charge in [0.1, 0.15) is 0 Å². The zero-order chi connectivity index (χ0) is 22.4. The third-order valence-corrected chi connectivity index (χ3v) is 9.54. The summed E-state index contributed by atoms with van der Waals surface area (Å²) in [5, 5.41) is 19.6. The highest BCUT2D eigenvalue weighted by molar-refractivity contribution is 5.36. The smallest absolute Gasteiger partial charge is 0.0771 e. The van der Waals surface area contributed by atoms with Crippen molar-refractivity contribution in [1.29, 1.82) is 0 Å². The van der Waals surface area contributed by atoms with Gasteiger partial charge in [0, 0.05) is 0 Å². The van der Waals surface area contributed by atoms with Gasteiger partial charge in [-0.15, -0.1) is 0 Å². The van der Waals surface area contributed by atoms with E-state index in [2.05, 4.69) is 27.7 Å². The maximum Gasteiger partial charge on any atom is 0.0771 e. The summed E-state index contributed by atoms with van der Waals surface area (Å²) in [6.07, 6.45) is 16.6. The Morgan fingerprint density at radius 2 is 1.57 bits per heavy atom. The second kappa shape index (κ2) is 8.39. The lowest BCUT2D eigenvalue weighted by Crippen LogP contribution is -2.53. The van der Waals surface area contributed by atoms with Crippen molar-refractivity contribution < 1.29 is 10.2 Å². The molecule has 2 nitrogen and oxygen atoms in total. The number of aliphatic hydroxyl groups is 2. The van der Waals surface area contributed by atoms with Gasteiger partial charge in [-0.25, -0.2) is 0 Å². The maximum absolute atomic E-state index is 10.6. The normalized spacial score (nSPS) is 40.4. The van der Waals surface area contributed by atoms with Gasteiger partial charge in [0.25, 0.3) is 0 Å². The molecule has 4 rings (SSSR count). The Hall–Kier alpha value is -0.600. The minimum atomic E-state index is -0.629. The summed E-state index contributed by atoms with van der Waals surface area (Å²) in [4.78, 5) is 0. The number of hydrogen-bond acceptors (Lipinski definition) is 2. The molecule has 2 N–H and O–H groups in total. The third kappa shape index (κ3) is 4.20. The Bertz CT molecular complexity index is 679. The van der Waals surface area contributed by atoms with Gasteiger partial charge in [0.15, 0.2) is 0 Å². The highest BCUT2D eigenvalue weighted by atomic mass is 16.3. The second-order valence-electron chi connectivity index (χ2n) is 12.4. The fourth-order valence-corrected chi connectivity index (χ4v) is 7.76. The van der Waals surface area contributed by atoms with Crippen LogP contribution in [0.15, 0.2) is 23.3 Å². The molecule has 172 valence electrons. The van der Waals surface area contributed by atoms with Gasteiger partial charge < -0.3 is 10.2 Å². The lowest BCUT2D eigenvalue weighted by molar-refractivity contribution is -0.0927. The van der Waals surface area contributed by atoms with Gasteiger partial charge >= 0.3 is 0 Å². The maximum atomic E-state index is 10.6. The lowest BCUT2D eigenvalue weighted by atomic mass is 9.46. The molecule has 2 fully saturated rings. The first-order valence-electron chi connectivity index (χ1n) is 12.7. The molecule has 4 aliphatic carbocycles. The van der Waals surface area contributed by atoms with Gasteiger partial charge in [-0.3, -0.25) is 0 Å². The lowest BCUT2D eigenvalue weighted by Gasteiger charge is -2.60. The van der Waals surface area contributed by atoms with E-state index in [-0.39, 0.29) is 11.5 Å². The first-order chi connectivity index (χ1) is 13.9. The molecule has 30 heavy (non-hydrogen) atoms. The van der Waals surface area contributed by atoms with E-state index in [1.165, 1.54) is 51.4 Å². The molecule has 0 aromatic rings. The van der Waals surface area contributed by atoms with Crippen LogP contribution in [0.5, 0.6) is 0 Å². The molecule has 0 spiro atoms. The molecule has 0 aliphatic heterocycles. The van der Waals surface area contributed by atoms with Crippen LogP contribution in [0.4, 0.5) is 0 Å². The van der Waals surface area contributed by atoms with Crippen molar-refractivity contribution in [2.24, 2.45) is 28.1 Å². The highest BCUT2D eigenvalue weighted by Gasteiger charge is 2.57. The fourth-order valence-electron chi connectivity index (χ4n) is 7.76. The molecule has 2 heteroatoms. The molecule has 0 amide bonds. The van der Waals surface area contributed by atoms with Crippen LogP contribution in [0.3, 0.4) is 0 Å². The van der Waals surface area contributed by atoms with E-state index in [0.29, 0.717) is 16.7 Å². The van der Waals surface area contributed by atoms with Crippen LogP contribution in [0.25, 0.3) is 0 Å². The van der Waals surface area contributed by atoms with E-state index >= 15 is 0 Å². The van der Waals surface area contributed by atoms with Crippen molar-refractivity contribution in [2.45, 2.75) is 124 Å². The van der Waals surface area contributed by atoms with E-state index in [1.807, 2.05) is 24.1 Å². The van der Waals surface area contributed by atoms with Gasteiger partial charge in [-0.1, -0.05) is 64.3 Å². The first kappa shape index (κ1) is 24.1. The van der Waals surface area contributed by atoms with E-state index in [1.54, 1.807) is 19.9 Å². The van der Waals surface area contributed by atoms with Gasteiger partial charge in [-0.05, 0) is 99.7 Å². The summed E-state index contributed by atoms with van der Waals surface area (Å²) < 4.78 is 0. The predicted octanol–water partition coefficient (Wildman–Crippen LogP) is 7.20. The van der Waals surface area contributed by atoms with Crippen molar-refractivity contribution >= 4 is 0 Å². The summed E-state index contributed by atoms with van der Waals surface area (Å²) in [5.74, 6) is 1.64. The summed E-state index contributed by atoms with van der Waals surface area (Å²) in [6, 6.07) is 0. The van der Waals surface area contributed by atoms with Crippen LogP contribution < -0.4 is 0 Å². The number of allylic oxidation sites excluding steroid dienone is 3. The monoisotopic (exact) mass is 416 g/mol. The molecule has 0 bridgehead atoms. The minimum Gasteiger partial charge on any atom is -0.393 e. The second-order valence-corrected chi connectivity index (χ2v) is 12.4. The average molecular weight is 417 g/mol. The van der Waals surface area contributed by atoms with Crippen LogP contribution in [0.2, 0.25) is 0 Å². The minimum absolute atomic E-state index is 0.0823. The van der Waals surface area contributed by atoms with E-state index in [9.17, 15) is 5.11 Å². The van der Waals surface area contributed by atoms with E-state index < -0.39 is 5.60 Å². The summed E-state index contributed by atoms with van der Waals surface area (Å²) in [6.45, 7) is 15.4. The number of fused-ring (bicyclic) bond motifs is 4. The molecule has 5 unspecified atom stereocenters. The Morgan fingerprint density at radius 3 is 2.17 bits per heavy atom. The predicted molar refractivity (Wildman–Crippen MR) is 127 cm³/mol. The molecular formula is C28H48O2. The van der Waals surface area contributed by atoms with Gasteiger partial charge in [0.2, 0.25) is 0 Å². The number of aliphatic hydroxyl groups excluding tert-OH is 1. The number of hydrogen-bond donors (Lipinski definition) is 2. The largest absolute Gasteiger partial charge is 0.393 e. The highest BCUT2D eigenvalue weighted by Crippen LogP contribution is 2.66. The van der Waals surface area contributed by atoms with Crippen LogP contribution in [0.1, 0.15) is 113 Å². The molecule has 0 saturated heterocycles. The first-order valence-corrected chi connectivity index (χ1v) is 12.7. The summed E-state index contributed by atoms with van der Waals surface area (Å²) in [7, 11) is 0. The van der Waals surface area contributed by atoms with Crippen LogP contribution >= 0.6 is 0 Å².